The van der Waals surface area contributed by atoms with Crippen LogP contribution in [0, 0.1) is 23.7 Å². The minimum absolute atomic E-state index is 0.0530. The van der Waals surface area contributed by atoms with E-state index in [9.17, 15) is 29.4 Å². The van der Waals surface area contributed by atoms with Crippen molar-refractivity contribution in [2.24, 2.45) is 23.7 Å². The van der Waals surface area contributed by atoms with Crippen molar-refractivity contribution in [3.05, 3.63) is 144 Å². The zero-order valence-electron chi connectivity index (χ0n) is 25.2. The summed E-state index contributed by atoms with van der Waals surface area (Å²) in [6.07, 6.45) is -1.21. The number of carbonyl (C=O) groups excluding carboxylic acids is 4. The number of benzene rings is 4. The number of cyclic esters (lactones) is 2. The lowest BCUT2D eigenvalue weighted by Gasteiger charge is -2.17. The lowest BCUT2D eigenvalue weighted by atomic mass is 9.84. The predicted molar refractivity (Wildman–Crippen MR) is 169 cm³/mol. The van der Waals surface area contributed by atoms with Crippen molar-refractivity contribution in [3.8, 4) is 0 Å². The van der Waals surface area contributed by atoms with E-state index in [-0.39, 0.29) is 24.4 Å². The van der Waals surface area contributed by atoms with Gasteiger partial charge in [-0.1, -0.05) is 121 Å². The fraction of sp³-hybridized carbons (Fsp3) is 0.263. The molecule has 4 aromatic carbocycles. The van der Waals surface area contributed by atoms with Gasteiger partial charge in [0.25, 0.3) is 0 Å². The molecule has 0 radical (unpaired) electrons. The predicted octanol–water partition coefficient (Wildman–Crippen LogP) is 5.22. The average molecular weight is 621 g/mol. The number of esters is 2. The number of hydrogen-bond donors (Lipinski definition) is 2. The van der Waals surface area contributed by atoms with Gasteiger partial charge in [-0.05, 0) is 24.0 Å². The van der Waals surface area contributed by atoms with Gasteiger partial charge < -0.3 is 19.7 Å². The number of ketones is 2. The Hall–Kier alpha value is -4.92. The largest absolute Gasteiger partial charge is 0.435 e. The van der Waals surface area contributed by atoms with E-state index in [1.165, 1.54) is 0 Å². The standard InChI is InChI=1S/2C19H18O4/c2*20-17(14-9-5-2-6-10-14)12-16-15(18(21)23-19(16)22)11-13-7-3-1-4-8-13/h2*1-10,15-16,18,21H,11-12H2/t2*15-,16+,18-/m11/s1. The highest BCUT2D eigenvalue weighted by atomic mass is 16.6. The Kier molecular flexibility index (Phi) is 10.9. The van der Waals surface area contributed by atoms with Crippen molar-refractivity contribution in [1.29, 1.82) is 0 Å². The Morgan fingerprint density at radius 2 is 0.804 bits per heavy atom. The molecule has 2 aliphatic rings. The molecule has 2 heterocycles. The molecule has 0 amide bonds. The van der Waals surface area contributed by atoms with E-state index in [4.69, 9.17) is 9.47 Å². The van der Waals surface area contributed by atoms with Crippen LogP contribution < -0.4 is 0 Å². The molecule has 0 saturated carbocycles. The maximum absolute atomic E-state index is 12.4. The zero-order valence-corrected chi connectivity index (χ0v) is 25.2. The van der Waals surface area contributed by atoms with Gasteiger partial charge in [0, 0.05) is 35.8 Å². The molecule has 46 heavy (non-hydrogen) atoms. The van der Waals surface area contributed by atoms with Gasteiger partial charge in [0.1, 0.15) is 0 Å². The number of carbonyl (C=O) groups is 4. The van der Waals surface area contributed by atoms with E-state index in [1.807, 2.05) is 72.8 Å². The summed E-state index contributed by atoms with van der Waals surface area (Å²) in [5, 5.41) is 20.0. The lowest BCUT2D eigenvalue weighted by Crippen LogP contribution is -2.25. The fourth-order valence-electron chi connectivity index (χ4n) is 5.95. The topological polar surface area (TPSA) is 127 Å². The Bertz CT molecular complexity index is 1490. The summed E-state index contributed by atoms with van der Waals surface area (Å²) in [6, 6.07) is 36.9. The number of aliphatic hydroxyl groups excluding tert-OH is 2. The van der Waals surface area contributed by atoms with E-state index in [0.29, 0.717) is 24.0 Å². The van der Waals surface area contributed by atoms with Crippen molar-refractivity contribution in [3.63, 3.8) is 0 Å². The second-order valence-electron chi connectivity index (χ2n) is 11.6. The van der Waals surface area contributed by atoms with E-state index in [0.717, 1.165) is 11.1 Å². The van der Waals surface area contributed by atoms with Crippen LogP contribution in [0.1, 0.15) is 44.7 Å². The number of ether oxygens (including phenoxy) is 2. The SMILES string of the molecule is O=C(C[C@@H]1C(=O)O[C@@H](O)[C@@H]1Cc1ccccc1)c1ccccc1.O=C(C[C@@H]1C(=O)O[C@@H](O)[C@@H]1Cc1ccccc1)c1ccccc1. The number of Topliss-reactive ketones (excluding diaryl/α,β-unsaturated/α-hetero) is 2. The Morgan fingerprint density at radius 3 is 1.13 bits per heavy atom. The molecule has 2 saturated heterocycles. The van der Waals surface area contributed by atoms with E-state index in [2.05, 4.69) is 0 Å². The molecule has 0 aliphatic carbocycles. The molecule has 8 nitrogen and oxygen atoms in total. The highest BCUT2D eigenvalue weighted by Crippen LogP contribution is 2.34. The minimum Gasteiger partial charge on any atom is -0.435 e. The van der Waals surface area contributed by atoms with Gasteiger partial charge in [0.2, 0.25) is 12.6 Å². The summed E-state index contributed by atoms with van der Waals surface area (Å²) in [6.45, 7) is 0. The normalized spacial score (nSPS) is 23.5. The highest BCUT2D eigenvalue weighted by molar-refractivity contribution is 5.99. The Balaban J connectivity index is 0.000000181. The maximum Gasteiger partial charge on any atom is 0.312 e. The first-order valence-electron chi connectivity index (χ1n) is 15.3. The van der Waals surface area contributed by atoms with Crippen molar-refractivity contribution < 1.29 is 38.9 Å². The molecule has 236 valence electrons. The molecule has 2 aliphatic heterocycles. The molecule has 0 spiro atoms. The van der Waals surface area contributed by atoms with Gasteiger partial charge in [-0.25, -0.2) is 0 Å². The molecule has 0 unspecified atom stereocenters. The van der Waals surface area contributed by atoms with Crippen LogP contribution in [0.25, 0.3) is 0 Å². The van der Waals surface area contributed by atoms with Gasteiger partial charge in [0.15, 0.2) is 11.6 Å². The van der Waals surface area contributed by atoms with Crippen molar-refractivity contribution in [1.82, 2.24) is 0 Å². The van der Waals surface area contributed by atoms with Gasteiger partial charge in [0.05, 0.1) is 11.8 Å². The molecule has 0 bridgehead atoms. The second-order valence-corrected chi connectivity index (χ2v) is 11.6. The van der Waals surface area contributed by atoms with E-state index >= 15 is 0 Å². The van der Waals surface area contributed by atoms with Crippen LogP contribution in [0.2, 0.25) is 0 Å². The van der Waals surface area contributed by atoms with Gasteiger partial charge >= 0.3 is 11.9 Å². The summed E-state index contributed by atoms with van der Waals surface area (Å²) in [7, 11) is 0. The number of hydrogen-bond acceptors (Lipinski definition) is 8. The smallest absolute Gasteiger partial charge is 0.312 e. The van der Waals surface area contributed by atoms with Crippen LogP contribution in [0.3, 0.4) is 0 Å². The molecular weight excluding hydrogens is 584 g/mol. The highest BCUT2D eigenvalue weighted by Gasteiger charge is 2.45. The third-order valence-electron chi connectivity index (χ3n) is 8.48. The quantitative estimate of drug-likeness (QED) is 0.183. The number of aliphatic hydroxyl groups is 2. The molecule has 2 N–H and O–H groups in total. The van der Waals surface area contributed by atoms with Crippen LogP contribution in [0.5, 0.6) is 0 Å². The molecule has 2 fully saturated rings. The van der Waals surface area contributed by atoms with Gasteiger partial charge in [-0.15, -0.1) is 0 Å². The van der Waals surface area contributed by atoms with Crippen LogP contribution in [-0.4, -0.2) is 46.3 Å². The third-order valence-corrected chi connectivity index (χ3v) is 8.48. The second kappa shape index (κ2) is 15.4. The monoisotopic (exact) mass is 620 g/mol. The molecule has 6 atom stereocenters. The molecule has 4 aromatic rings. The van der Waals surface area contributed by atoms with Crippen molar-refractivity contribution in [2.75, 3.05) is 0 Å². The first-order valence-corrected chi connectivity index (χ1v) is 15.3. The van der Waals surface area contributed by atoms with Crippen LogP contribution in [0.15, 0.2) is 121 Å². The summed E-state index contributed by atoms with van der Waals surface area (Å²) < 4.78 is 9.92. The zero-order chi connectivity index (χ0) is 32.5. The Morgan fingerprint density at radius 1 is 0.500 bits per heavy atom. The third kappa shape index (κ3) is 8.21. The summed E-state index contributed by atoms with van der Waals surface area (Å²) in [5.41, 5.74) is 3.15. The molecule has 8 heteroatoms. The average Bonchev–Trinajstić information content (AvgIpc) is 3.50. The minimum atomic E-state index is -1.16. The first-order chi connectivity index (χ1) is 22.3. The fourth-order valence-corrected chi connectivity index (χ4v) is 5.95. The molecule has 0 aromatic heterocycles. The van der Waals surface area contributed by atoms with Crippen LogP contribution in [-0.2, 0) is 31.9 Å². The summed E-state index contributed by atoms with van der Waals surface area (Å²) in [4.78, 5) is 48.8. The van der Waals surface area contributed by atoms with Crippen LogP contribution in [0.4, 0.5) is 0 Å². The summed E-state index contributed by atoms with van der Waals surface area (Å²) >= 11 is 0. The van der Waals surface area contributed by atoms with E-state index in [1.54, 1.807) is 48.5 Å². The van der Waals surface area contributed by atoms with Gasteiger partial charge in [-0.3, -0.25) is 19.2 Å². The van der Waals surface area contributed by atoms with E-state index < -0.39 is 48.2 Å². The molecule has 6 rings (SSSR count). The van der Waals surface area contributed by atoms with Crippen LogP contribution >= 0.6 is 0 Å². The summed E-state index contributed by atoms with van der Waals surface area (Å²) in [5.74, 6) is -3.25. The van der Waals surface area contributed by atoms with Crippen molar-refractivity contribution in [2.45, 2.75) is 38.3 Å². The Labute approximate surface area is 267 Å². The maximum atomic E-state index is 12.4. The van der Waals surface area contributed by atoms with Gasteiger partial charge in [-0.2, -0.15) is 0 Å². The lowest BCUT2D eigenvalue weighted by molar-refractivity contribution is -0.158. The number of rotatable bonds is 10. The van der Waals surface area contributed by atoms with Crippen molar-refractivity contribution >= 4 is 23.5 Å². The first kappa shape index (κ1) is 32.5. The molecular formula is C38H36O8.